The summed E-state index contributed by atoms with van der Waals surface area (Å²) < 4.78 is 0. The molecule has 0 radical (unpaired) electrons. The van der Waals surface area contributed by atoms with E-state index in [2.05, 4.69) is 36.3 Å². The highest BCUT2D eigenvalue weighted by atomic mass is 35.5. The minimum Gasteiger partial charge on any atom is -0.346 e. The summed E-state index contributed by atoms with van der Waals surface area (Å²) in [7, 11) is 0. The van der Waals surface area contributed by atoms with Crippen LogP contribution in [-0.4, -0.2) is 11.1 Å². The van der Waals surface area contributed by atoms with Crippen molar-refractivity contribution in [1.82, 2.24) is 5.32 Å². The monoisotopic (exact) mass is 424 g/mol. The maximum Gasteiger partial charge on any atom is 0.251 e. The molecule has 3 nitrogen and oxygen atoms in total. The molecule has 0 aliphatic carbocycles. The summed E-state index contributed by atoms with van der Waals surface area (Å²) in [4.78, 5) is 19.5. The summed E-state index contributed by atoms with van der Waals surface area (Å²) in [6, 6.07) is 15.4. The van der Waals surface area contributed by atoms with Crippen LogP contribution in [0.4, 0.5) is 5.69 Å². The number of thioether (sulfide) groups is 1. The van der Waals surface area contributed by atoms with Crippen LogP contribution < -0.4 is 5.32 Å². The van der Waals surface area contributed by atoms with Gasteiger partial charge in [0.15, 0.2) is 0 Å². The Kier molecular flexibility index (Phi) is 7.34. The quantitative estimate of drug-likeness (QED) is 0.552. The van der Waals surface area contributed by atoms with Crippen molar-refractivity contribution in [2.24, 2.45) is 4.99 Å². The number of hydrogen-bond donors (Lipinski definition) is 1. The normalized spacial score (nSPS) is 17.4. The molecule has 0 saturated heterocycles. The van der Waals surface area contributed by atoms with E-state index in [-0.39, 0.29) is 11.9 Å². The number of nitrogens with zero attached hydrogens (tertiary/aromatic N) is 1. The number of amides is 1. The number of carbonyl (C=O) groups excluding carboxylic acids is 1. The fraction of sp³-hybridized carbons (Fsp3) is 0.250. The van der Waals surface area contributed by atoms with Gasteiger partial charge >= 0.3 is 0 Å². The molecule has 0 saturated carbocycles. The second-order valence-corrected chi connectivity index (χ2v) is 8.24. The first kappa shape index (κ1) is 21.4. The number of halogens is 1. The Morgan fingerprint density at radius 1 is 1.14 bits per heavy atom. The molecule has 1 N–H and O–H groups in total. The zero-order chi connectivity index (χ0) is 20.8. The molecule has 1 unspecified atom stereocenters. The molecule has 1 atom stereocenters. The van der Waals surface area contributed by atoms with Gasteiger partial charge in [-0.15, -0.1) is 0 Å². The minimum absolute atomic E-state index is 0.0813. The van der Waals surface area contributed by atoms with Gasteiger partial charge in [0.25, 0.3) is 5.91 Å². The van der Waals surface area contributed by atoms with Crippen molar-refractivity contribution in [3.63, 3.8) is 0 Å². The lowest BCUT2D eigenvalue weighted by Crippen LogP contribution is -2.26. The molecule has 2 aromatic carbocycles. The number of benzene rings is 2. The average Bonchev–Trinajstić information content (AvgIpc) is 2.85. The second kappa shape index (κ2) is 9.95. The Balaban J connectivity index is 1.89. The Morgan fingerprint density at radius 2 is 1.86 bits per heavy atom. The molecule has 0 aromatic heterocycles. The van der Waals surface area contributed by atoms with Crippen LogP contribution in [0.1, 0.15) is 55.6 Å². The first-order valence-corrected chi connectivity index (χ1v) is 11.1. The van der Waals surface area contributed by atoms with E-state index in [0.717, 1.165) is 39.5 Å². The first-order valence-electron chi connectivity index (χ1n) is 9.86. The second-order valence-electron chi connectivity index (χ2n) is 6.80. The van der Waals surface area contributed by atoms with Gasteiger partial charge in [-0.2, -0.15) is 0 Å². The third-order valence-electron chi connectivity index (χ3n) is 4.59. The van der Waals surface area contributed by atoms with E-state index in [9.17, 15) is 4.79 Å². The van der Waals surface area contributed by atoms with Crippen LogP contribution in [0.15, 0.2) is 81.0 Å². The van der Waals surface area contributed by atoms with Gasteiger partial charge < -0.3 is 5.32 Å². The Hall–Kier alpha value is -2.30. The van der Waals surface area contributed by atoms with E-state index in [1.54, 1.807) is 11.8 Å². The molecule has 3 rings (SSSR count). The van der Waals surface area contributed by atoms with Gasteiger partial charge in [-0.25, -0.2) is 4.99 Å². The standard InChI is InChI=1S/C24H25ClN2OS/c1-4-9-19-21(10-5-2)29-22-14-13-18(15-20(22)27-23(19)25)24(28)26-16(3)17-11-7-6-8-12-17/h6-16H,4-5H2,1-3H3,(H,26,28)/b19-9+,21-10+. The smallest absolute Gasteiger partial charge is 0.251 e. The molecular formula is C24H25ClN2OS. The number of carbonyl (C=O) groups is 1. The van der Waals surface area contributed by atoms with Gasteiger partial charge in [-0.1, -0.05) is 79.7 Å². The summed E-state index contributed by atoms with van der Waals surface area (Å²) in [5.41, 5.74) is 3.32. The van der Waals surface area contributed by atoms with E-state index >= 15 is 0 Å². The molecule has 29 heavy (non-hydrogen) atoms. The van der Waals surface area contributed by atoms with E-state index in [1.165, 1.54) is 0 Å². The van der Waals surface area contributed by atoms with E-state index in [1.807, 2.05) is 55.5 Å². The number of rotatable bonds is 5. The molecule has 0 fully saturated rings. The molecule has 1 aliphatic rings. The molecular weight excluding hydrogens is 400 g/mol. The summed E-state index contributed by atoms with van der Waals surface area (Å²) >= 11 is 8.19. The molecule has 1 amide bonds. The highest BCUT2D eigenvalue weighted by Crippen LogP contribution is 2.43. The lowest BCUT2D eigenvalue weighted by Gasteiger charge is -2.15. The molecule has 0 bridgehead atoms. The topological polar surface area (TPSA) is 41.5 Å². The van der Waals surface area contributed by atoms with E-state index in [4.69, 9.17) is 11.6 Å². The van der Waals surface area contributed by atoms with Gasteiger partial charge in [0.2, 0.25) is 0 Å². The third-order valence-corrected chi connectivity index (χ3v) is 6.05. The number of fused-ring (bicyclic) bond motifs is 1. The Bertz CT molecular complexity index is 980. The predicted octanol–water partition coefficient (Wildman–Crippen LogP) is 7.18. The molecule has 5 heteroatoms. The predicted molar refractivity (Wildman–Crippen MR) is 124 cm³/mol. The summed E-state index contributed by atoms with van der Waals surface area (Å²) in [5, 5.41) is 3.52. The molecule has 1 aliphatic heterocycles. The van der Waals surface area contributed by atoms with Gasteiger partial charge in [-0.3, -0.25) is 4.79 Å². The third kappa shape index (κ3) is 5.20. The summed E-state index contributed by atoms with van der Waals surface area (Å²) in [6.45, 7) is 6.17. The Labute approximate surface area is 182 Å². The number of nitrogens with one attached hydrogen (secondary N) is 1. The number of allylic oxidation sites excluding steroid dienone is 3. The van der Waals surface area contributed by atoms with Crippen LogP contribution >= 0.6 is 23.4 Å². The van der Waals surface area contributed by atoms with Crippen molar-refractivity contribution < 1.29 is 4.79 Å². The average molecular weight is 425 g/mol. The van der Waals surface area contributed by atoms with Crippen molar-refractivity contribution in [3.8, 4) is 0 Å². The number of hydrogen-bond acceptors (Lipinski definition) is 3. The molecule has 0 spiro atoms. The first-order chi connectivity index (χ1) is 14.0. The van der Waals surface area contributed by atoms with Crippen LogP contribution in [0.3, 0.4) is 0 Å². The van der Waals surface area contributed by atoms with Crippen LogP contribution in [0.2, 0.25) is 0 Å². The van der Waals surface area contributed by atoms with Gasteiger partial charge in [0.05, 0.1) is 11.7 Å². The van der Waals surface area contributed by atoms with Crippen LogP contribution in [0.5, 0.6) is 0 Å². The van der Waals surface area contributed by atoms with Crippen LogP contribution in [0.25, 0.3) is 0 Å². The minimum atomic E-state index is -0.127. The lowest BCUT2D eigenvalue weighted by molar-refractivity contribution is 0.0940. The van der Waals surface area contributed by atoms with E-state index < -0.39 is 0 Å². The van der Waals surface area contributed by atoms with Crippen molar-refractivity contribution in [1.29, 1.82) is 0 Å². The van der Waals surface area contributed by atoms with Crippen LogP contribution in [-0.2, 0) is 0 Å². The van der Waals surface area contributed by atoms with Crippen LogP contribution in [0, 0.1) is 0 Å². The SMILES string of the molecule is CC/C=C1/Sc2ccc(C(=O)NC(C)c3ccccc3)cc2N=C(Cl)/C1=C/CC. The van der Waals surface area contributed by atoms with Crippen molar-refractivity contribution in [2.75, 3.05) is 0 Å². The highest BCUT2D eigenvalue weighted by Gasteiger charge is 2.20. The lowest BCUT2D eigenvalue weighted by atomic mass is 10.1. The van der Waals surface area contributed by atoms with Gasteiger partial charge in [0, 0.05) is 20.9 Å². The molecule has 150 valence electrons. The summed E-state index contributed by atoms with van der Waals surface area (Å²) in [5.74, 6) is -0.127. The maximum atomic E-state index is 12.8. The van der Waals surface area contributed by atoms with Gasteiger partial charge in [0.1, 0.15) is 5.17 Å². The van der Waals surface area contributed by atoms with Crippen molar-refractivity contribution in [2.45, 2.75) is 44.6 Å². The van der Waals surface area contributed by atoms with E-state index in [0.29, 0.717) is 10.7 Å². The maximum absolute atomic E-state index is 12.8. The van der Waals surface area contributed by atoms with Gasteiger partial charge in [-0.05, 0) is 43.5 Å². The fourth-order valence-corrected chi connectivity index (χ4v) is 4.55. The van der Waals surface area contributed by atoms with Crippen molar-refractivity contribution >= 4 is 40.1 Å². The number of aliphatic imine (C=N–C) groups is 1. The Morgan fingerprint density at radius 3 is 2.55 bits per heavy atom. The van der Waals surface area contributed by atoms with Crippen molar-refractivity contribution in [3.05, 3.63) is 82.3 Å². The summed E-state index contributed by atoms with van der Waals surface area (Å²) in [6.07, 6.45) is 6.06. The highest BCUT2D eigenvalue weighted by molar-refractivity contribution is 8.03. The fourth-order valence-electron chi connectivity index (χ4n) is 3.10. The molecule has 1 heterocycles. The molecule has 2 aromatic rings. The zero-order valence-corrected chi connectivity index (χ0v) is 18.5. The largest absolute Gasteiger partial charge is 0.346 e. The zero-order valence-electron chi connectivity index (χ0n) is 16.9.